The van der Waals surface area contributed by atoms with Crippen LogP contribution in [0.4, 0.5) is 11.4 Å². The van der Waals surface area contributed by atoms with Crippen molar-refractivity contribution in [2.75, 3.05) is 10.2 Å². The molecule has 1 fully saturated rings. The molecule has 1 aromatic heterocycles. The summed E-state index contributed by atoms with van der Waals surface area (Å²) in [6.45, 7) is 4.28. The molecule has 1 atom stereocenters. The van der Waals surface area contributed by atoms with E-state index in [0.29, 0.717) is 6.42 Å². The van der Waals surface area contributed by atoms with E-state index in [4.69, 9.17) is 0 Å². The maximum absolute atomic E-state index is 13.5. The van der Waals surface area contributed by atoms with E-state index in [1.807, 2.05) is 46.7 Å². The fraction of sp³-hybridized carbons (Fsp3) is 0.391. The van der Waals surface area contributed by atoms with E-state index in [0.717, 1.165) is 46.8 Å². The molecule has 0 bridgehead atoms. The number of nitrogens with zero attached hydrogens (tertiary/aromatic N) is 1. The van der Waals surface area contributed by atoms with Gasteiger partial charge in [-0.25, -0.2) is 0 Å². The molecular formula is C23H24N2O2S. The first-order valence-electron chi connectivity index (χ1n) is 9.93. The molecule has 5 rings (SSSR count). The fourth-order valence-corrected chi connectivity index (χ4v) is 5.30. The van der Waals surface area contributed by atoms with E-state index in [-0.39, 0.29) is 29.1 Å². The number of nitrogens with one attached hydrogen (secondary N) is 1. The topological polar surface area (TPSA) is 49.4 Å². The smallest absolute Gasteiger partial charge is 0.231 e. The Balaban J connectivity index is 1.76. The van der Waals surface area contributed by atoms with Crippen molar-refractivity contribution < 1.29 is 9.59 Å². The second kappa shape index (κ2) is 6.31. The number of ketones is 1. The van der Waals surface area contributed by atoms with Crippen LogP contribution in [0.3, 0.4) is 0 Å². The molecule has 3 aliphatic rings. The zero-order chi connectivity index (χ0) is 19.5. The predicted molar refractivity (Wildman–Crippen MR) is 112 cm³/mol. The average molecular weight is 393 g/mol. The largest absolute Gasteiger partial charge is 0.357 e. The number of allylic oxidation sites excluding steroid dienone is 1. The van der Waals surface area contributed by atoms with Crippen molar-refractivity contribution in [1.82, 2.24) is 0 Å². The molecule has 2 aliphatic carbocycles. The van der Waals surface area contributed by atoms with Gasteiger partial charge in [-0.05, 0) is 48.3 Å². The summed E-state index contributed by atoms with van der Waals surface area (Å²) in [6, 6.07) is 11.7. The van der Waals surface area contributed by atoms with E-state index in [1.165, 1.54) is 0 Å². The number of carbonyl (C=O) groups excluding carboxylic acids is 2. The molecule has 1 aliphatic heterocycles. The van der Waals surface area contributed by atoms with Crippen molar-refractivity contribution in [1.29, 1.82) is 0 Å². The highest BCUT2D eigenvalue weighted by Gasteiger charge is 2.46. The standard InChI is InChI=1S/C23H24N2O2S/c1-23(2)12-16-20(18(26)13-23)21(19-8-5-11-28-19)25(22(27)14-9-10-14)17-7-4-3-6-15(17)24-16/h3-8,11,14,21,24H,9-10,12-13H2,1-2H3/t21-/m1/s1. The summed E-state index contributed by atoms with van der Waals surface area (Å²) >= 11 is 1.62. The minimum atomic E-state index is -0.345. The van der Waals surface area contributed by atoms with E-state index >= 15 is 0 Å². The van der Waals surface area contributed by atoms with Crippen molar-refractivity contribution in [2.24, 2.45) is 11.3 Å². The highest BCUT2D eigenvalue weighted by molar-refractivity contribution is 7.10. The van der Waals surface area contributed by atoms with Crippen molar-refractivity contribution in [3.05, 3.63) is 57.9 Å². The van der Waals surface area contributed by atoms with Crippen LogP contribution in [-0.4, -0.2) is 11.7 Å². The van der Waals surface area contributed by atoms with Gasteiger partial charge in [0.05, 0.1) is 11.4 Å². The van der Waals surface area contributed by atoms with Gasteiger partial charge in [0.2, 0.25) is 5.91 Å². The summed E-state index contributed by atoms with van der Waals surface area (Å²) in [5.74, 6) is 0.366. The van der Waals surface area contributed by atoms with Crippen molar-refractivity contribution in [3.63, 3.8) is 0 Å². The van der Waals surface area contributed by atoms with Crippen molar-refractivity contribution in [2.45, 2.75) is 45.6 Å². The quantitative estimate of drug-likeness (QED) is 0.754. The second-order valence-electron chi connectivity index (χ2n) is 8.88. The Morgan fingerprint density at radius 2 is 1.93 bits per heavy atom. The minimum absolute atomic E-state index is 0.0767. The highest BCUT2D eigenvalue weighted by atomic mass is 32.1. The van der Waals surface area contributed by atoms with Crippen molar-refractivity contribution >= 4 is 34.4 Å². The van der Waals surface area contributed by atoms with Crippen LogP contribution in [-0.2, 0) is 9.59 Å². The van der Waals surface area contributed by atoms with Gasteiger partial charge in [0.15, 0.2) is 5.78 Å². The van der Waals surface area contributed by atoms with Crippen LogP contribution in [0.2, 0.25) is 0 Å². The van der Waals surface area contributed by atoms with Gasteiger partial charge in [0.1, 0.15) is 6.04 Å². The number of para-hydroxylation sites is 2. The molecule has 1 N–H and O–H groups in total. The lowest BCUT2D eigenvalue weighted by molar-refractivity contribution is -0.120. The number of fused-ring (bicyclic) bond motifs is 1. The van der Waals surface area contributed by atoms with Gasteiger partial charge in [-0.1, -0.05) is 32.0 Å². The molecule has 4 nitrogen and oxygen atoms in total. The first kappa shape index (κ1) is 17.7. The number of rotatable bonds is 2. The summed E-state index contributed by atoms with van der Waals surface area (Å²) in [4.78, 5) is 29.8. The number of amides is 1. The normalized spacial score (nSPS) is 23.6. The van der Waals surface area contributed by atoms with Gasteiger partial charge < -0.3 is 5.32 Å². The lowest BCUT2D eigenvalue weighted by atomic mass is 9.74. The summed E-state index contributed by atoms with van der Waals surface area (Å²) < 4.78 is 0. The van der Waals surface area contributed by atoms with Crippen LogP contribution in [0.1, 0.15) is 50.4 Å². The van der Waals surface area contributed by atoms with Crippen LogP contribution in [0.25, 0.3) is 0 Å². The van der Waals surface area contributed by atoms with Gasteiger partial charge in [-0.3, -0.25) is 14.5 Å². The molecular weight excluding hydrogens is 368 g/mol. The van der Waals surface area contributed by atoms with Crippen LogP contribution in [0.15, 0.2) is 53.0 Å². The first-order chi connectivity index (χ1) is 13.4. The van der Waals surface area contributed by atoms with Gasteiger partial charge in [-0.15, -0.1) is 11.3 Å². The lowest BCUT2D eigenvalue weighted by Crippen LogP contribution is -2.39. The van der Waals surface area contributed by atoms with Crippen molar-refractivity contribution in [3.8, 4) is 0 Å². The second-order valence-corrected chi connectivity index (χ2v) is 9.86. The number of benzene rings is 1. The molecule has 1 aromatic carbocycles. The molecule has 0 unspecified atom stereocenters. The van der Waals surface area contributed by atoms with E-state index in [2.05, 4.69) is 19.2 Å². The minimum Gasteiger partial charge on any atom is -0.357 e. The van der Waals surface area contributed by atoms with Gasteiger partial charge in [-0.2, -0.15) is 0 Å². The average Bonchev–Trinajstić information content (AvgIpc) is 3.37. The Bertz CT molecular complexity index is 986. The zero-order valence-corrected chi connectivity index (χ0v) is 17.0. The van der Waals surface area contributed by atoms with E-state index in [1.54, 1.807) is 11.3 Å². The number of anilines is 2. The molecule has 5 heteroatoms. The summed E-state index contributed by atoms with van der Waals surface area (Å²) in [5.41, 5.74) is 3.43. The zero-order valence-electron chi connectivity index (χ0n) is 16.2. The van der Waals surface area contributed by atoms with Crippen LogP contribution >= 0.6 is 11.3 Å². The molecule has 0 saturated heterocycles. The number of thiophene rings is 1. The molecule has 1 amide bonds. The van der Waals surface area contributed by atoms with Crippen LogP contribution in [0, 0.1) is 11.3 Å². The monoisotopic (exact) mass is 392 g/mol. The number of hydrogen-bond donors (Lipinski definition) is 1. The van der Waals surface area contributed by atoms with Gasteiger partial charge >= 0.3 is 0 Å². The molecule has 2 aromatic rings. The van der Waals surface area contributed by atoms with E-state index in [9.17, 15) is 9.59 Å². The van der Waals surface area contributed by atoms with Crippen LogP contribution in [0.5, 0.6) is 0 Å². The predicted octanol–water partition coefficient (Wildman–Crippen LogP) is 5.30. The Morgan fingerprint density at radius 3 is 2.64 bits per heavy atom. The summed E-state index contributed by atoms with van der Waals surface area (Å²) in [7, 11) is 0. The Kier molecular flexibility index (Phi) is 3.98. The SMILES string of the molecule is CC1(C)CC(=O)C2=C(C1)Nc1ccccc1N(C(=O)C1CC1)[C@@H]2c1cccs1. The third kappa shape index (κ3) is 2.89. The molecule has 144 valence electrons. The highest BCUT2D eigenvalue weighted by Crippen LogP contribution is 2.50. The number of carbonyl (C=O) groups is 2. The Labute approximate surface area is 169 Å². The molecule has 0 radical (unpaired) electrons. The van der Waals surface area contributed by atoms with Crippen LogP contribution < -0.4 is 10.2 Å². The van der Waals surface area contributed by atoms with Gasteiger partial charge in [0, 0.05) is 28.5 Å². The molecule has 1 saturated carbocycles. The third-order valence-corrected chi connectivity index (χ3v) is 6.80. The lowest BCUT2D eigenvalue weighted by Gasteiger charge is -2.36. The summed E-state index contributed by atoms with van der Waals surface area (Å²) in [6.07, 6.45) is 3.19. The van der Waals surface area contributed by atoms with E-state index < -0.39 is 0 Å². The Morgan fingerprint density at radius 1 is 1.14 bits per heavy atom. The maximum Gasteiger partial charge on any atom is 0.231 e. The number of hydrogen-bond acceptors (Lipinski definition) is 4. The maximum atomic E-state index is 13.5. The fourth-order valence-electron chi connectivity index (χ4n) is 4.47. The molecule has 2 heterocycles. The molecule has 0 spiro atoms. The third-order valence-electron chi connectivity index (χ3n) is 5.88. The first-order valence-corrected chi connectivity index (χ1v) is 10.8. The molecule has 28 heavy (non-hydrogen) atoms. The van der Waals surface area contributed by atoms with Gasteiger partial charge in [0.25, 0.3) is 0 Å². The number of Topliss-reactive ketones (excluding diaryl/α,β-unsaturated/α-hetero) is 1. The Hall–Kier alpha value is -2.40. The summed E-state index contributed by atoms with van der Waals surface area (Å²) in [5, 5.41) is 5.58.